The Kier molecular flexibility index (Phi) is 10.9. The van der Waals surface area contributed by atoms with Gasteiger partial charge in [-0.15, -0.1) is 0 Å². The van der Waals surface area contributed by atoms with Crippen molar-refractivity contribution in [3.8, 4) is 78.0 Å². The lowest BCUT2D eigenvalue weighted by atomic mass is 9.84. The van der Waals surface area contributed by atoms with Crippen LogP contribution in [0.4, 0.5) is 0 Å². The smallest absolute Gasteiger partial charge is 0.0978 e. The Labute approximate surface area is 484 Å². The fourth-order valence-corrected chi connectivity index (χ4v) is 13.5. The second-order valence-corrected chi connectivity index (χ2v) is 22.0. The maximum atomic E-state index is 5.62. The quantitative estimate of drug-likeness (QED) is 0.118. The normalized spacial score (nSPS) is 11.8. The Hall–Kier alpha value is -11.2. The number of hydrogen-bond donors (Lipinski definition) is 0. The molecule has 0 aliphatic carbocycles. The first-order valence-corrected chi connectivity index (χ1v) is 28.7. The van der Waals surface area contributed by atoms with Crippen molar-refractivity contribution in [3.05, 3.63) is 292 Å². The van der Waals surface area contributed by atoms with Crippen LogP contribution in [-0.4, -0.2) is 19.9 Å². The van der Waals surface area contributed by atoms with E-state index in [1.54, 1.807) is 0 Å². The van der Waals surface area contributed by atoms with Gasteiger partial charge in [-0.2, -0.15) is 0 Å². The zero-order valence-corrected chi connectivity index (χ0v) is 45.5. The molecule has 0 saturated heterocycles. The molecule has 0 saturated carbocycles. The molecule has 17 aromatic rings. The van der Waals surface area contributed by atoms with Gasteiger partial charge in [0.25, 0.3) is 0 Å². The molecule has 4 nitrogen and oxygen atoms in total. The molecule has 0 aliphatic rings. The van der Waals surface area contributed by atoms with E-state index in [0.29, 0.717) is 0 Å². The van der Waals surface area contributed by atoms with E-state index in [4.69, 9.17) is 19.9 Å². The first-order valence-electron chi connectivity index (χ1n) is 28.7. The van der Waals surface area contributed by atoms with Crippen LogP contribution < -0.4 is 0 Å². The first-order chi connectivity index (χ1) is 41.7. The van der Waals surface area contributed by atoms with Gasteiger partial charge in [-0.05, 0) is 181 Å². The summed E-state index contributed by atoms with van der Waals surface area (Å²) in [5.74, 6) is 0. The predicted octanol–water partition coefficient (Wildman–Crippen LogP) is 21.3. The van der Waals surface area contributed by atoms with Gasteiger partial charge in [-0.1, -0.05) is 212 Å². The van der Waals surface area contributed by atoms with E-state index in [1.807, 2.05) is 24.7 Å². The van der Waals surface area contributed by atoms with E-state index in [9.17, 15) is 0 Å². The molecule has 0 amide bonds. The highest BCUT2D eigenvalue weighted by Crippen LogP contribution is 2.47. The van der Waals surface area contributed by atoms with Gasteiger partial charge >= 0.3 is 0 Å². The van der Waals surface area contributed by atoms with Gasteiger partial charge in [-0.25, -0.2) is 4.98 Å². The molecule has 388 valence electrons. The van der Waals surface area contributed by atoms with Crippen LogP contribution in [0.3, 0.4) is 0 Å². The van der Waals surface area contributed by atoms with Gasteiger partial charge < -0.3 is 0 Å². The third-order valence-corrected chi connectivity index (χ3v) is 17.4. The Morgan fingerprint density at radius 3 is 1.20 bits per heavy atom. The third-order valence-electron chi connectivity index (χ3n) is 17.4. The van der Waals surface area contributed by atoms with Crippen molar-refractivity contribution in [2.45, 2.75) is 0 Å². The van der Waals surface area contributed by atoms with Crippen LogP contribution in [0.25, 0.3) is 175 Å². The van der Waals surface area contributed by atoms with Gasteiger partial charge in [0.2, 0.25) is 0 Å². The van der Waals surface area contributed by atoms with Crippen molar-refractivity contribution >= 4 is 97.5 Å². The molecule has 17 rings (SSSR count). The summed E-state index contributed by atoms with van der Waals surface area (Å²) in [6, 6.07) is 99.3. The average Bonchev–Trinajstić information content (AvgIpc) is 1.84. The van der Waals surface area contributed by atoms with Gasteiger partial charge in [-0.3, -0.25) is 15.0 Å². The van der Waals surface area contributed by atoms with Crippen molar-refractivity contribution in [3.63, 3.8) is 0 Å². The van der Waals surface area contributed by atoms with Gasteiger partial charge in [0, 0.05) is 45.7 Å². The minimum atomic E-state index is 0.876. The number of nitrogens with zero attached hydrogens (tertiary/aromatic N) is 4. The molecule has 4 heteroatoms. The molecule has 0 atom stereocenters. The minimum Gasteiger partial charge on any atom is -0.254 e. The molecule has 0 unspecified atom stereocenters. The average molecular weight is 1070 g/mol. The van der Waals surface area contributed by atoms with E-state index in [-0.39, 0.29) is 0 Å². The van der Waals surface area contributed by atoms with Crippen LogP contribution in [0.5, 0.6) is 0 Å². The van der Waals surface area contributed by atoms with Crippen LogP contribution in [0, 0.1) is 0 Å². The van der Waals surface area contributed by atoms with Gasteiger partial charge in [0.15, 0.2) is 0 Å². The van der Waals surface area contributed by atoms with Crippen molar-refractivity contribution in [2.24, 2.45) is 0 Å². The monoisotopic (exact) mass is 1060 g/mol. The number of aromatic nitrogens is 4. The van der Waals surface area contributed by atoms with Gasteiger partial charge in [0.05, 0.1) is 27.8 Å². The number of pyridine rings is 4. The lowest BCUT2D eigenvalue weighted by Gasteiger charge is -2.19. The van der Waals surface area contributed by atoms with Crippen LogP contribution >= 0.6 is 0 Å². The van der Waals surface area contributed by atoms with Crippen LogP contribution in [-0.2, 0) is 0 Å². The molecular weight excluding hydrogens is 1020 g/mol. The maximum Gasteiger partial charge on any atom is 0.0978 e. The molecule has 0 N–H and O–H groups in total. The Morgan fingerprint density at radius 2 is 0.607 bits per heavy atom. The van der Waals surface area contributed by atoms with E-state index in [0.717, 1.165) is 88.2 Å². The zero-order valence-electron chi connectivity index (χ0n) is 45.5. The molecule has 0 aliphatic heterocycles. The topological polar surface area (TPSA) is 51.6 Å². The largest absolute Gasteiger partial charge is 0.254 e. The van der Waals surface area contributed by atoms with E-state index in [2.05, 4.69) is 267 Å². The third kappa shape index (κ3) is 7.62. The number of benzene rings is 13. The van der Waals surface area contributed by atoms with Crippen molar-refractivity contribution < 1.29 is 0 Å². The molecule has 84 heavy (non-hydrogen) atoms. The fourth-order valence-electron chi connectivity index (χ4n) is 13.5. The SMILES string of the molecule is c1ccc(-c2ccc3c(-c4ccccc4)c4cc(-c5ccc6c(-c7ccc8c9ccc(-c%10ccnc%11c%10ccc%10c(-c%12ccccc%12)ccnc%10%11)cc9c9ccccc9c8c7)cc7cccnc7c6n5)ccc4c(-c4ccccc4)c3c2)cc1. The second kappa shape index (κ2) is 19.2. The highest BCUT2D eigenvalue weighted by atomic mass is 14.8. The molecule has 0 bridgehead atoms. The number of fused-ring (bicyclic) bond motifs is 14. The summed E-state index contributed by atoms with van der Waals surface area (Å²) in [6.45, 7) is 0. The Morgan fingerprint density at radius 1 is 0.190 bits per heavy atom. The summed E-state index contributed by atoms with van der Waals surface area (Å²) in [6.07, 6.45) is 5.71. The molecule has 4 aromatic heterocycles. The first kappa shape index (κ1) is 47.6. The van der Waals surface area contributed by atoms with Crippen molar-refractivity contribution in [2.75, 3.05) is 0 Å². The summed E-state index contributed by atoms with van der Waals surface area (Å²) >= 11 is 0. The molecule has 13 aromatic carbocycles. The Bertz CT molecular complexity index is 5510. The molecule has 4 heterocycles. The van der Waals surface area contributed by atoms with E-state index in [1.165, 1.54) is 87.2 Å². The number of rotatable bonds is 7. The summed E-state index contributed by atoms with van der Waals surface area (Å²) in [5, 5.41) is 16.3. The van der Waals surface area contributed by atoms with Gasteiger partial charge in [0.1, 0.15) is 0 Å². The van der Waals surface area contributed by atoms with Crippen LogP contribution in [0.1, 0.15) is 0 Å². The zero-order chi connectivity index (χ0) is 55.2. The van der Waals surface area contributed by atoms with Crippen LogP contribution in [0.15, 0.2) is 292 Å². The molecular formula is C80H48N4. The van der Waals surface area contributed by atoms with Crippen molar-refractivity contribution in [1.29, 1.82) is 0 Å². The Balaban J connectivity index is 0.811. The maximum absolute atomic E-state index is 5.62. The summed E-state index contributed by atoms with van der Waals surface area (Å²) < 4.78 is 0. The summed E-state index contributed by atoms with van der Waals surface area (Å²) in [4.78, 5) is 20.5. The fraction of sp³-hybridized carbons (Fsp3) is 0. The molecule has 0 spiro atoms. The van der Waals surface area contributed by atoms with Crippen LogP contribution in [0.2, 0.25) is 0 Å². The highest BCUT2D eigenvalue weighted by molar-refractivity contribution is 6.27. The van der Waals surface area contributed by atoms with E-state index < -0.39 is 0 Å². The highest BCUT2D eigenvalue weighted by Gasteiger charge is 2.21. The predicted molar refractivity (Wildman–Crippen MR) is 353 cm³/mol. The molecule has 0 fully saturated rings. The molecule has 0 radical (unpaired) electrons. The van der Waals surface area contributed by atoms with E-state index >= 15 is 0 Å². The standard InChI is InChI=1S/C80H48N4/c1-5-16-49(17-6-1)53-27-33-64-72(44-53)75(51-20-9-3-10-21-51)65-34-30-56(47-73(65)76(64)52-22-11-4-12-23-52)74-38-37-68-69(48-57-24-15-41-81-77(57)80(68)84-74)55-29-32-63-62-31-28-54(45-70(62)60-25-13-14-26-61(60)71(63)46-55)59-40-43-83-79-67(59)36-35-66-58(39-42-82-78(66)79)50-18-7-2-8-19-50/h1-48H. The number of hydrogen-bond acceptors (Lipinski definition) is 4. The lowest BCUT2D eigenvalue weighted by Crippen LogP contribution is -1.94. The minimum absolute atomic E-state index is 0.876. The summed E-state index contributed by atoms with van der Waals surface area (Å²) in [7, 11) is 0. The second-order valence-electron chi connectivity index (χ2n) is 22.0. The van der Waals surface area contributed by atoms with Crippen molar-refractivity contribution in [1.82, 2.24) is 19.9 Å². The lowest BCUT2D eigenvalue weighted by molar-refractivity contribution is 1.37. The summed E-state index contributed by atoms with van der Waals surface area (Å²) in [5.41, 5.74) is 19.5.